The first-order valence-electron chi connectivity index (χ1n) is 8.94. The highest BCUT2D eigenvalue weighted by Crippen LogP contribution is 2.42. The second kappa shape index (κ2) is 7.53. The van der Waals surface area contributed by atoms with Gasteiger partial charge < -0.3 is 5.73 Å². The first-order chi connectivity index (χ1) is 11.7. The summed E-state index contributed by atoms with van der Waals surface area (Å²) >= 11 is 0. The molecule has 24 heavy (non-hydrogen) atoms. The number of aryl methyl sites for hydroxylation is 1. The van der Waals surface area contributed by atoms with Crippen molar-refractivity contribution in [2.45, 2.75) is 63.8 Å². The first-order valence-corrected chi connectivity index (χ1v) is 8.94. The van der Waals surface area contributed by atoms with Gasteiger partial charge in [-0.1, -0.05) is 25.3 Å². The van der Waals surface area contributed by atoms with Crippen molar-refractivity contribution in [3.63, 3.8) is 0 Å². The van der Waals surface area contributed by atoms with Gasteiger partial charge >= 0.3 is 0 Å². The van der Waals surface area contributed by atoms with Gasteiger partial charge in [0.15, 0.2) is 0 Å². The lowest BCUT2D eigenvalue weighted by Gasteiger charge is -2.04. The van der Waals surface area contributed by atoms with Gasteiger partial charge in [0.1, 0.15) is 0 Å². The molecular formula is C20H25N3O. The van der Waals surface area contributed by atoms with Crippen molar-refractivity contribution >= 4 is 16.8 Å². The summed E-state index contributed by atoms with van der Waals surface area (Å²) in [5, 5.41) is 6.01. The monoisotopic (exact) mass is 323 g/mol. The van der Waals surface area contributed by atoms with E-state index in [1.165, 1.54) is 43.2 Å². The summed E-state index contributed by atoms with van der Waals surface area (Å²) in [6.45, 7) is 0.889. The van der Waals surface area contributed by atoms with E-state index in [9.17, 15) is 4.79 Å². The molecule has 0 bridgehead atoms. The van der Waals surface area contributed by atoms with Crippen molar-refractivity contribution in [1.29, 1.82) is 0 Å². The molecule has 4 heteroatoms. The van der Waals surface area contributed by atoms with Crippen LogP contribution < -0.4 is 5.73 Å². The quantitative estimate of drug-likeness (QED) is 0.560. The summed E-state index contributed by atoms with van der Waals surface area (Å²) in [4.78, 5) is 11.5. The number of aromatic nitrogens is 2. The van der Waals surface area contributed by atoms with E-state index in [0.717, 1.165) is 31.3 Å². The van der Waals surface area contributed by atoms with Crippen molar-refractivity contribution in [2.24, 2.45) is 5.73 Å². The lowest BCUT2D eigenvalue weighted by molar-refractivity contribution is 0.100. The average molecular weight is 323 g/mol. The summed E-state index contributed by atoms with van der Waals surface area (Å²) in [5.74, 6) is 2.90. The molecule has 1 saturated carbocycles. The summed E-state index contributed by atoms with van der Waals surface area (Å²) in [6, 6.07) is 5.71. The van der Waals surface area contributed by atoms with Crippen LogP contribution in [0.15, 0.2) is 18.2 Å². The zero-order valence-electron chi connectivity index (χ0n) is 14.1. The molecule has 0 saturated heterocycles. The average Bonchev–Trinajstić information content (AvgIpc) is 3.36. The Hall–Kier alpha value is -2.28. The Morgan fingerprint density at radius 3 is 2.71 bits per heavy atom. The number of rotatable bonds is 9. The molecule has 1 aromatic heterocycles. The number of unbranched alkanes of at least 4 members (excludes halogenated alkanes) is 5. The van der Waals surface area contributed by atoms with Crippen LogP contribution in [0.3, 0.4) is 0 Å². The highest BCUT2D eigenvalue weighted by molar-refractivity contribution is 5.97. The minimum Gasteiger partial charge on any atom is -0.366 e. The predicted molar refractivity (Wildman–Crippen MR) is 96.8 cm³/mol. The normalized spacial score (nSPS) is 14.0. The van der Waals surface area contributed by atoms with Gasteiger partial charge in [-0.2, -0.15) is 5.10 Å². The second-order valence-corrected chi connectivity index (χ2v) is 6.70. The molecule has 1 amide bonds. The SMILES string of the molecule is C#CCCCCCCCn1nc(C2CC2)c2ccc(C(N)=O)cc21. The largest absolute Gasteiger partial charge is 0.366 e. The minimum absolute atomic E-state index is 0.383. The fourth-order valence-electron chi connectivity index (χ4n) is 3.20. The molecule has 0 unspecified atom stereocenters. The van der Waals surface area contributed by atoms with Crippen molar-refractivity contribution in [1.82, 2.24) is 9.78 Å². The number of benzene rings is 1. The molecule has 1 aliphatic carbocycles. The molecule has 126 valence electrons. The number of hydrogen-bond donors (Lipinski definition) is 1. The van der Waals surface area contributed by atoms with E-state index in [1.54, 1.807) is 0 Å². The van der Waals surface area contributed by atoms with Crippen LogP contribution in [0.5, 0.6) is 0 Å². The molecule has 2 N–H and O–H groups in total. The van der Waals surface area contributed by atoms with Crippen molar-refractivity contribution < 1.29 is 4.79 Å². The number of fused-ring (bicyclic) bond motifs is 1. The molecule has 0 spiro atoms. The zero-order chi connectivity index (χ0) is 16.9. The van der Waals surface area contributed by atoms with E-state index in [2.05, 4.69) is 10.6 Å². The van der Waals surface area contributed by atoms with E-state index in [4.69, 9.17) is 17.3 Å². The zero-order valence-corrected chi connectivity index (χ0v) is 14.1. The fraction of sp³-hybridized carbons (Fsp3) is 0.500. The van der Waals surface area contributed by atoms with Crippen molar-refractivity contribution in [3.05, 3.63) is 29.5 Å². The summed E-state index contributed by atoms with van der Waals surface area (Å²) in [6.07, 6.45) is 14.4. The van der Waals surface area contributed by atoms with Crippen LogP contribution in [0.4, 0.5) is 0 Å². The van der Waals surface area contributed by atoms with Crippen molar-refractivity contribution in [3.8, 4) is 12.3 Å². The Bertz CT molecular complexity index is 765. The highest BCUT2D eigenvalue weighted by atomic mass is 16.1. The van der Waals surface area contributed by atoms with Gasteiger partial charge in [-0.15, -0.1) is 12.3 Å². The van der Waals surface area contributed by atoms with Crippen LogP contribution in [-0.2, 0) is 6.54 Å². The second-order valence-electron chi connectivity index (χ2n) is 6.70. The van der Waals surface area contributed by atoms with Gasteiger partial charge in [-0.05, 0) is 37.8 Å². The molecule has 4 nitrogen and oxygen atoms in total. The summed E-state index contributed by atoms with van der Waals surface area (Å²) < 4.78 is 2.07. The molecule has 2 aromatic rings. The van der Waals surface area contributed by atoms with Crippen LogP contribution in [0, 0.1) is 12.3 Å². The van der Waals surface area contributed by atoms with E-state index < -0.39 is 0 Å². The highest BCUT2D eigenvalue weighted by Gasteiger charge is 2.29. The third-order valence-corrected chi connectivity index (χ3v) is 4.72. The van der Waals surface area contributed by atoms with Crippen LogP contribution in [-0.4, -0.2) is 15.7 Å². The van der Waals surface area contributed by atoms with E-state index in [-0.39, 0.29) is 5.91 Å². The lowest BCUT2D eigenvalue weighted by Crippen LogP contribution is -2.11. The molecule has 1 heterocycles. The van der Waals surface area contributed by atoms with Crippen LogP contribution in [0.2, 0.25) is 0 Å². The molecule has 0 radical (unpaired) electrons. The number of amides is 1. The number of nitrogens with zero attached hydrogens (tertiary/aromatic N) is 2. The molecule has 1 aliphatic rings. The minimum atomic E-state index is -0.383. The lowest BCUT2D eigenvalue weighted by atomic mass is 10.1. The van der Waals surface area contributed by atoms with Gasteiger partial charge in [-0.25, -0.2) is 0 Å². The number of carbonyl (C=O) groups is 1. The van der Waals surface area contributed by atoms with Crippen molar-refractivity contribution in [2.75, 3.05) is 0 Å². The standard InChI is InChI=1S/C20H25N3O/c1-2-3-4-5-6-7-8-13-23-18-14-16(20(21)24)11-12-17(18)19(22-23)15-9-10-15/h1,11-12,14-15H,3-10,13H2,(H2,21,24). The molecule has 3 rings (SSSR count). The van der Waals surface area contributed by atoms with Crippen LogP contribution >= 0.6 is 0 Å². The van der Waals surface area contributed by atoms with Gasteiger partial charge in [-0.3, -0.25) is 9.48 Å². The van der Waals surface area contributed by atoms with Gasteiger partial charge in [0, 0.05) is 29.8 Å². The van der Waals surface area contributed by atoms with Gasteiger partial charge in [0.2, 0.25) is 5.91 Å². The smallest absolute Gasteiger partial charge is 0.248 e. The first kappa shape index (κ1) is 16.6. The molecule has 0 aliphatic heterocycles. The van der Waals surface area contributed by atoms with Gasteiger partial charge in [0.05, 0.1) is 11.2 Å². The fourth-order valence-corrected chi connectivity index (χ4v) is 3.20. The number of hydrogen-bond acceptors (Lipinski definition) is 2. The molecule has 1 fully saturated rings. The molecule has 0 atom stereocenters. The number of primary amides is 1. The van der Waals surface area contributed by atoms with Crippen LogP contribution in [0.1, 0.15) is 73.3 Å². The third kappa shape index (κ3) is 3.79. The number of nitrogens with two attached hydrogens (primary N) is 1. The van der Waals surface area contributed by atoms with E-state index in [1.807, 2.05) is 18.2 Å². The predicted octanol–water partition coefficient (Wildman–Crippen LogP) is 3.99. The van der Waals surface area contributed by atoms with E-state index >= 15 is 0 Å². The Labute approximate surface area is 143 Å². The Kier molecular flexibility index (Phi) is 5.20. The Balaban J connectivity index is 1.68. The summed E-state index contributed by atoms with van der Waals surface area (Å²) in [5.41, 5.74) is 8.22. The maximum atomic E-state index is 11.5. The topological polar surface area (TPSA) is 60.9 Å². The number of terminal acetylenes is 1. The van der Waals surface area contributed by atoms with Gasteiger partial charge in [0.25, 0.3) is 0 Å². The number of carbonyl (C=O) groups excluding carboxylic acids is 1. The third-order valence-electron chi connectivity index (χ3n) is 4.72. The van der Waals surface area contributed by atoms with Crippen LogP contribution in [0.25, 0.3) is 10.9 Å². The van der Waals surface area contributed by atoms with E-state index in [0.29, 0.717) is 11.5 Å². The maximum absolute atomic E-state index is 11.5. The Morgan fingerprint density at radius 2 is 2.00 bits per heavy atom. The molecule has 1 aromatic carbocycles. The molecular weight excluding hydrogens is 298 g/mol. The Morgan fingerprint density at radius 1 is 1.25 bits per heavy atom. The maximum Gasteiger partial charge on any atom is 0.248 e. The summed E-state index contributed by atoms with van der Waals surface area (Å²) in [7, 11) is 0.